The van der Waals surface area contributed by atoms with Crippen LogP contribution in [-0.4, -0.2) is 29.2 Å². The third-order valence-electron chi connectivity index (χ3n) is 4.25. The Morgan fingerprint density at radius 3 is 2.61 bits per heavy atom. The standard InChI is InChI=1S/C16H24N4O2S/c1-12-4-2-3-5-15(12)19-16(23)18-11-10-17-13-6-8-14(9-7-13)20(21)22/h6-9,12,15,17H,2-5,10-11H2,1H3,(H2,18,19,23)/t12-,15-/m1/s1. The van der Waals surface area contributed by atoms with Crippen molar-refractivity contribution < 1.29 is 4.92 Å². The van der Waals surface area contributed by atoms with Crippen molar-refractivity contribution >= 4 is 28.7 Å². The molecule has 2 rings (SSSR count). The molecular formula is C16H24N4O2S. The van der Waals surface area contributed by atoms with Crippen LogP contribution in [0, 0.1) is 16.0 Å². The van der Waals surface area contributed by atoms with Gasteiger partial charge in [0.25, 0.3) is 5.69 Å². The Kier molecular flexibility index (Phi) is 6.58. The van der Waals surface area contributed by atoms with Crippen LogP contribution in [0.3, 0.4) is 0 Å². The molecule has 126 valence electrons. The molecule has 0 unspecified atom stereocenters. The van der Waals surface area contributed by atoms with Crippen molar-refractivity contribution in [1.29, 1.82) is 0 Å². The SMILES string of the molecule is C[C@@H]1CCCC[C@H]1NC(=S)NCCNc1ccc([N+](=O)[O-])cc1. The second-order valence-electron chi connectivity index (χ2n) is 6.00. The smallest absolute Gasteiger partial charge is 0.269 e. The van der Waals surface area contributed by atoms with E-state index in [0.717, 1.165) is 5.69 Å². The lowest BCUT2D eigenvalue weighted by molar-refractivity contribution is -0.384. The predicted octanol–water partition coefficient (Wildman–Crippen LogP) is 3.05. The summed E-state index contributed by atoms with van der Waals surface area (Å²) >= 11 is 5.34. The van der Waals surface area contributed by atoms with E-state index in [-0.39, 0.29) is 5.69 Å². The van der Waals surface area contributed by atoms with Gasteiger partial charge in [0, 0.05) is 37.0 Å². The van der Waals surface area contributed by atoms with E-state index in [1.807, 2.05) is 0 Å². The maximum absolute atomic E-state index is 10.6. The molecule has 1 aliphatic rings. The summed E-state index contributed by atoms with van der Waals surface area (Å²) in [6.07, 6.45) is 5.04. The first-order valence-corrected chi connectivity index (χ1v) is 8.50. The first-order chi connectivity index (χ1) is 11.1. The van der Waals surface area contributed by atoms with Crippen LogP contribution in [0.25, 0.3) is 0 Å². The Hall–Kier alpha value is -1.89. The summed E-state index contributed by atoms with van der Waals surface area (Å²) in [4.78, 5) is 10.2. The lowest BCUT2D eigenvalue weighted by Crippen LogP contribution is -2.46. The van der Waals surface area contributed by atoms with Gasteiger partial charge in [0.15, 0.2) is 5.11 Å². The van der Waals surface area contributed by atoms with Crippen molar-refractivity contribution in [2.45, 2.75) is 38.6 Å². The molecule has 1 aliphatic carbocycles. The summed E-state index contributed by atoms with van der Waals surface area (Å²) in [5, 5.41) is 21.1. The zero-order valence-electron chi connectivity index (χ0n) is 13.4. The highest BCUT2D eigenvalue weighted by Crippen LogP contribution is 2.23. The van der Waals surface area contributed by atoms with Crippen molar-refractivity contribution in [2.75, 3.05) is 18.4 Å². The average molecular weight is 336 g/mol. The van der Waals surface area contributed by atoms with E-state index in [1.165, 1.54) is 37.8 Å². The van der Waals surface area contributed by atoms with Crippen LogP contribution >= 0.6 is 12.2 Å². The number of hydrogen-bond donors (Lipinski definition) is 3. The highest BCUT2D eigenvalue weighted by Gasteiger charge is 2.21. The second kappa shape index (κ2) is 8.67. The summed E-state index contributed by atoms with van der Waals surface area (Å²) in [6, 6.07) is 6.88. The minimum Gasteiger partial charge on any atom is -0.383 e. The molecule has 0 radical (unpaired) electrons. The van der Waals surface area contributed by atoms with Crippen molar-refractivity contribution in [3.8, 4) is 0 Å². The zero-order valence-corrected chi connectivity index (χ0v) is 14.2. The van der Waals surface area contributed by atoms with E-state index >= 15 is 0 Å². The Bertz CT molecular complexity index is 535. The van der Waals surface area contributed by atoms with Gasteiger partial charge in [-0.05, 0) is 43.1 Å². The summed E-state index contributed by atoms with van der Waals surface area (Å²) in [5.74, 6) is 0.668. The van der Waals surface area contributed by atoms with Crippen LogP contribution in [0.5, 0.6) is 0 Å². The Labute approximate surface area is 142 Å². The molecule has 1 aromatic carbocycles. The van der Waals surface area contributed by atoms with Crippen LogP contribution in [0.4, 0.5) is 11.4 Å². The first kappa shape index (κ1) is 17.5. The number of hydrogen-bond acceptors (Lipinski definition) is 4. The predicted molar refractivity (Wildman–Crippen MR) is 96.7 cm³/mol. The third-order valence-corrected chi connectivity index (χ3v) is 4.51. The van der Waals surface area contributed by atoms with E-state index in [4.69, 9.17) is 12.2 Å². The summed E-state index contributed by atoms with van der Waals surface area (Å²) < 4.78 is 0. The molecule has 0 amide bonds. The van der Waals surface area contributed by atoms with Crippen LogP contribution in [0.1, 0.15) is 32.6 Å². The van der Waals surface area contributed by atoms with Crippen LogP contribution in [0.15, 0.2) is 24.3 Å². The highest BCUT2D eigenvalue weighted by molar-refractivity contribution is 7.80. The fourth-order valence-electron chi connectivity index (χ4n) is 2.83. The number of nitrogens with zero attached hydrogens (tertiary/aromatic N) is 1. The largest absolute Gasteiger partial charge is 0.383 e. The molecule has 0 aromatic heterocycles. The van der Waals surface area contributed by atoms with E-state index in [1.54, 1.807) is 12.1 Å². The van der Waals surface area contributed by atoms with Gasteiger partial charge in [0.2, 0.25) is 0 Å². The van der Waals surface area contributed by atoms with E-state index < -0.39 is 4.92 Å². The van der Waals surface area contributed by atoms with E-state index in [9.17, 15) is 10.1 Å². The van der Waals surface area contributed by atoms with Gasteiger partial charge in [-0.25, -0.2) is 0 Å². The number of non-ortho nitro benzene ring substituents is 1. The maximum atomic E-state index is 10.6. The number of benzene rings is 1. The van der Waals surface area contributed by atoms with Crippen molar-refractivity contribution in [3.63, 3.8) is 0 Å². The normalized spacial score (nSPS) is 20.6. The van der Waals surface area contributed by atoms with E-state index in [2.05, 4.69) is 22.9 Å². The topological polar surface area (TPSA) is 79.2 Å². The molecular weight excluding hydrogens is 312 g/mol. The van der Waals surface area contributed by atoms with Gasteiger partial charge >= 0.3 is 0 Å². The monoisotopic (exact) mass is 336 g/mol. The van der Waals surface area contributed by atoms with Crippen molar-refractivity contribution in [3.05, 3.63) is 34.4 Å². The van der Waals surface area contributed by atoms with Gasteiger partial charge in [-0.2, -0.15) is 0 Å². The van der Waals surface area contributed by atoms with Crippen LogP contribution in [-0.2, 0) is 0 Å². The van der Waals surface area contributed by atoms with E-state index in [0.29, 0.717) is 30.2 Å². The summed E-state index contributed by atoms with van der Waals surface area (Å²) in [7, 11) is 0. The third kappa shape index (κ3) is 5.67. The molecule has 1 fully saturated rings. The maximum Gasteiger partial charge on any atom is 0.269 e. The fraction of sp³-hybridized carbons (Fsp3) is 0.562. The lowest BCUT2D eigenvalue weighted by atomic mass is 9.86. The minimum absolute atomic E-state index is 0.0978. The van der Waals surface area contributed by atoms with Gasteiger partial charge in [-0.15, -0.1) is 0 Å². The lowest BCUT2D eigenvalue weighted by Gasteiger charge is -2.30. The zero-order chi connectivity index (χ0) is 16.7. The fourth-order valence-corrected chi connectivity index (χ4v) is 3.09. The van der Waals surface area contributed by atoms with Gasteiger partial charge in [-0.1, -0.05) is 19.8 Å². The Morgan fingerprint density at radius 1 is 1.26 bits per heavy atom. The van der Waals surface area contributed by atoms with Crippen molar-refractivity contribution in [1.82, 2.24) is 10.6 Å². The number of thiocarbonyl (C=S) groups is 1. The minimum atomic E-state index is -0.401. The van der Waals surface area contributed by atoms with Gasteiger partial charge in [0.05, 0.1) is 4.92 Å². The van der Waals surface area contributed by atoms with Gasteiger partial charge in [0.1, 0.15) is 0 Å². The molecule has 0 aliphatic heterocycles. The molecule has 3 N–H and O–H groups in total. The van der Waals surface area contributed by atoms with Crippen LogP contribution < -0.4 is 16.0 Å². The Balaban J connectivity index is 1.64. The van der Waals surface area contributed by atoms with Crippen LogP contribution in [0.2, 0.25) is 0 Å². The van der Waals surface area contributed by atoms with Gasteiger partial charge in [-0.3, -0.25) is 10.1 Å². The number of nitro benzene ring substituents is 1. The molecule has 2 atom stereocenters. The highest BCUT2D eigenvalue weighted by atomic mass is 32.1. The number of rotatable bonds is 6. The summed E-state index contributed by atoms with van der Waals surface area (Å²) in [5.41, 5.74) is 0.956. The molecule has 23 heavy (non-hydrogen) atoms. The second-order valence-corrected chi connectivity index (χ2v) is 6.41. The molecule has 1 saturated carbocycles. The number of nitrogens with one attached hydrogen (secondary N) is 3. The van der Waals surface area contributed by atoms with Crippen molar-refractivity contribution in [2.24, 2.45) is 5.92 Å². The first-order valence-electron chi connectivity index (χ1n) is 8.09. The molecule has 0 spiro atoms. The quantitative estimate of drug-likeness (QED) is 0.321. The average Bonchev–Trinajstić information content (AvgIpc) is 2.54. The molecule has 0 saturated heterocycles. The molecule has 6 nitrogen and oxygen atoms in total. The molecule has 0 heterocycles. The Morgan fingerprint density at radius 2 is 1.96 bits per heavy atom. The number of nitro groups is 1. The molecule has 7 heteroatoms. The molecule has 0 bridgehead atoms. The van der Waals surface area contributed by atoms with Gasteiger partial charge < -0.3 is 16.0 Å². The number of anilines is 1. The molecule has 1 aromatic rings. The summed E-state index contributed by atoms with van der Waals surface area (Å²) in [6.45, 7) is 3.67.